The fourth-order valence-corrected chi connectivity index (χ4v) is 2.00. The van der Waals surface area contributed by atoms with Crippen molar-refractivity contribution in [3.05, 3.63) is 30.3 Å². The first-order valence-corrected chi connectivity index (χ1v) is 6.09. The molecule has 1 aromatic heterocycles. The first-order valence-electron chi connectivity index (χ1n) is 5.10. The predicted molar refractivity (Wildman–Crippen MR) is 68.7 cm³/mol. The van der Waals surface area contributed by atoms with Gasteiger partial charge in [0.1, 0.15) is 0 Å². The lowest BCUT2D eigenvalue weighted by Crippen LogP contribution is -2.31. The van der Waals surface area contributed by atoms with Gasteiger partial charge in [0.25, 0.3) is 0 Å². The normalized spacial score (nSPS) is 10.3. The van der Waals surface area contributed by atoms with Crippen LogP contribution in [0.15, 0.2) is 35.5 Å². The van der Waals surface area contributed by atoms with Gasteiger partial charge in [0.15, 0.2) is 5.82 Å². The highest BCUT2D eigenvalue weighted by Crippen LogP contribution is 2.20. The van der Waals surface area contributed by atoms with E-state index in [4.69, 9.17) is 11.7 Å². The van der Waals surface area contributed by atoms with Gasteiger partial charge in [0.05, 0.1) is 5.75 Å². The van der Waals surface area contributed by atoms with Crippen LogP contribution in [0.5, 0.6) is 0 Å². The van der Waals surface area contributed by atoms with E-state index in [1.807, 2.05) is 35.8 Å². The Kier molecular flexibility index (Phi) is 3.80. The molecule has 8 heteroatoms. The van der Waals surface area contributed by atoms with Crippen LogP contribution in [0.3, 0.4) is 0 Å². The number of nitrogens with zero attached hydrogens (tertiary/aromatic N) is 3. The Morgan fingerprint density at radius 3 is 2.72 bits per heavy atom. The van der Waals surface area contributed by atoms with Gasteiger partial charge in [-0.2, -0.15) is 0 Å². The van der Waals surface area contributed by atoms with Gasteiger partial charge in [-0.05, 0) is 0 Å². The fraction of sp³-hybridized carbons (Fsp3) is 0.100. The maximum absolute atomic E-state index is 11.0. The predicted octanol–water partition coefficient (Wildman–Crippen LogP) is -0.259. The van der Waals surface area contributed by atoms with E-state index in [9.17, 15) is 4.79 Å². The smallest absolute Gasteiger partial charge is 0.244 e. The second kappa shape index (κ2) is 5.52. The third-order valence-electron chi connectivity index (χ3n) is 2.19. The SMILES string of the molecule is NNC(=O)CSc1nnc(-c2ccccc2)n1N. The second-order valence-electron chi connectivity index (χ2n) is 3.40. The molecule has 0 unspecified atom stereocenters. The van der Waals surface area contributed by atoms with Gasteiger partial charge in [0, 0.05) is 5.56 Å². The number of hydrogen-bond donors (Lipinski definition) is 3. The summed E-state index contributed by atoms with van der Waals surface area (Å²) in [5.74, 6) is 11.2. The molecule has 0 saturated carbocycles. The van der Waals surface area contributed by atoms with Crippen molar-refractivity contribution >= 4 is 17.7 Å². The van der Waals surface area contributed by atoms with Gasteiger partial charge in [-0.3, -0.25) is 10.2 Å². The lowest BCUT2D eigenvalue weighted by molar-refractivity contribution is -0.118. The van der Waals surface area contributed by atoms with E-state index in [-0.39, 0.29) is 11.7 Å². The highest BCUT2D eigenvalue weighted by Gasteiger charge is 2.12. The number of amides is 1. The summed E-state index contributed by atoms with van der Waals surface area (Å²) in [6.07, 6.45) is 0. The summed E-state index contributed by atoms with van der Waals surface area (Å²) in [6, 6.07) is 9.45. The van der Waals surface area contributed by atoms with Gasteiger partial charge in [-0.15, -0.1) is 10.2 Å². The summed E-state index contributed by atoms with van der Waals surface area (Å²) in [5, 5.41) is 8.38. The van der Waals surface area contributed by atoms with E-state index in [2.05, 4.69) is 10.2 Å². The Balaban J connectivity index is 2.17. The first-order chi connectivity index (χ1) is 8.72. The molecule has 0 fully saturated rings. The van der Waals surface area contributed by atoms with Crippen LogP contribution >= 0.6 is 11.8 Å². The number of aromatic nitrogens is 3. The number of rotatable bonds is 4. The molecule has 0 aliphatic rings. The van der Waals surface area contributed by atoms with Crippen LogP contribution in [0.4, 0.5) is 0 Å². The summed E-state index contributed by atoms with van der Waals surface area (Å²) in [5.41, 5.74) is 2.90. The maximum Gasteiger partial charge on any atom is 0.244 e. The Labute approximate surface area is 107 Å². The molecule has 0 aliphatic heterocycles. The van der Waals surface area contributed by atoms with Crippen molar-refractivity contribution < 1.29 is 4.79 Å². The van der Waals surface area contributed by atoms with Crippen molar-refractivity contribution in [3.8, 4) is 11.4 Å². The zero-order chi connectivity index (χ0) is 13.0. The van der Waals surface area contributed by atoms with Crippen LogP contribution < -0.4 is 17.1 Å². The minimum atomic E-state index is -0.302. The number of hydrazine groups is 1. The molecule has 18 heavy (non-hydrogen) atoms. The molecule has 0 bridgehead atoms. The Morgan fingerprint density at radius 1 is 1.33 bits per heavy atom. The third-order valence-corrected chi connectivity index (χ3v) is 3.13. The molecule has 0 aliphatic carbocycles. The topological polar surface area (TPSA) is 112 Å². The van der Waals surface area contributed by atoms with Gasteiger partial charge in [0.2, 0.25) is 11.1 Å². The zero-order valence-corrected chi connectivity index (χ0v) is 10.2. The van der Waals surface area contributed by atoms with Gasteiger partial charge in [-0.1, -0.05) is 42.1 Å². The summed E-state index contributed by atoms with van der Waals surface area (Å²) >= 11 is 1.17. The summed E-state index contributed by atoms with van der Waals surface area (Å²) in [6.45, 7) is 0. The molecule has 1 aromatic carbocycles. The molecule has 94 valence electrons. The average molecular weight is 264 g/mol. The van der Waals surface area contributed by atoms with Crippen molar-refractivity contribution in [2.24, 2.45) is 5.84 Å². The molecule has 0 radical (unpaired) electrons. The minimum Gasteiger partial charge on any atom is -0.335 e. The van der Waals surface area contributed by atoms with Gasteiger partial charge < -0.3 is 5.84 Å². The quantitative estimate of drug-likeness (QED) is 0.303. The number of carbonyl (C=O) groups excluding carboxylic acids is 1. The molecule has 1 heterocycles. The van der Waals surface area contributed by atoms with E-state index in [0.29, 0.717) is 11.0 Å². The van der Waals surface area contributed by atoms with E-state index in [0.717, 1.165) is 5.56 Å². The molecule has 2 aromatic rings. The molecule has 0 atom stereocenters. The number of nitrogens with one attached hydrogen (secondary N) is 1. The standard InChI is InChI=1S/C10H12N6OS/c11-13-8(17)6-18-10-15-14-9(16(10)12)7-4-2-1-3-5-7/h1-5H,6,11-12H2,(H,13,17). The molecule has 7 nitrogen and oxygen atoms in total. The number of hydrogen-bond acceptors (Lipinski definition) is 6. The van der Waals surface area contributed by atoms with Crippen molar-refractivity contribution in [1.29, 1.82) is 0 Å². The van der Waals surface area contributed by atoms with Crippen LogP contribution in [0.2, 0.25) is 0 Å². The third kappa shape index (κ3) is 2.60. The number of thioether (sulfide) groups is 1. The lowest BCUT2D eigenvalue weighted by atomic mass is 10.2. The van der Waals surface area contributed by atoms with Crippen molar-refractivity contribution in [2.75, 3.05) is 11.6 Å². The maximum atomic E-state index is 11.0. The molecule has 0 spiro atoms. The highest BCUT2D eigenvalue weighted by atomic mass is 32.2. The zero-order valence-electron chi connectivity index (χ0n) is 9.41. The van der Waals surface area contributed by atoms with Crippen LogP contribution in [0, 0.1) is 0 Å². The monoisotopic (exact) mass is 264 g/mol. The van der Waals surface area contributed by atoms with Crippen molar-refractivity contribution in [3.63, 3.8) is 0 Å². The van der Waals surface area contributed by atoms with Crippen LogP contribution in [-0.4, -0.2) is 26.5 Å². The minimum absolute atomic E-state index is 0.140. The molecule has 5 N–H and O–H groups in total. The highest BCUT2D eigenvalue weighted by molar-refractivity contribution is 7.99. The van der Waals surface area contributed by atoms with Crippen LogP contribution in [-0.2, 0) is 4.79 Å². The number of carbonyl (C=O) groups is 1. The first kappa shape index (κ1) is 12.4. The molecular formula is C10H12N6OS. The largest absolute Gasteiger partial charge is 0.335 e. The summed E-state index contributed by atoms with van der Waals surface area (Å²) < 4.78 is 1.35. The Bertz CT molecular complexity index is 541. The summed E-state index contributed by atoms with van der Waals surface area (Å²) in [7, 11) is 0. The Hall–Kier alpha value is -2.06. The molecular weight excluding hydrogens is 252 g/mol. The van der Waals surface area contributed by atoms with Crippen molar-refractivity contribution in [1.82, 2.24) is 20.3 Å². The lowest BCUT2D eigenvalue weighted by Gasteiger charge is -2.03. The van der Waals surface area contributed by atoms with E-state index in [1.54, 1.807) is 0 Å². The fourth-order valence-electron chi connectivity index (χ4n) is 1.33. The van der Waals surface area contributed by atoms with E-state index >= 15 is 0 Å². The number of nitrogens with two attached hydrogens (primary N) is 2. The van der Waals surface area contributed by atoms with Gasteiger partial charge >= 0.3 is 0 Å². The second-order valence-corrected chi connectivity index (χ2v) is 4.34. The molecule has 2 rings (SSSR count). The number of nitrogen functional groups attached to an aromatic ring is 1. The van der Waals surface area contributed by atoms with E-state index in [1.165, 1.54) is 16.4 Å². The van der Waals surface area contributed by atoms with Crippen LogP contribution in [0.25, 0.3) is 11.4 Å². The van der Waals surface area contributed by atoms with Gasteiger partial charge in [-0.25, -0.2) is 10.5 Å². The number of benzene rings is 1. The molecule has 1 amide bonds. The Morgan fingerprint density at radius 2 is 2.06 bits per heavy atom. The van der Waals surface area contributed by atoms with Crippen LogP contribution in [0.1, 0.15) is 0 Å². The van der Waals surface area contributed by atoms with Crippen molar-refractivity contribution in [2.45, 2.75) is 5.16 Å². The molecule has 0 saturated heterocycles. The summed E-state index contributed by atoms with van der Waals surface area (Å²) in [4.78, 5) is 11.0. The van der Waals surface area contributed by atoms with E-state index < -0.39 is 0 Å². The average Bonchev–Trinajstić information content (AvgIpc) is 2.78.